The Bertz CT molecular complexity index is 886. The van der Waals surface area contributed by atoms with E-state index in [0.717, 1.165) is 26.1 Å². The summed E-state index contributed by atoms with van der Waals surface area (Å²) in [5, 5.41) is 1.02. The molecule has 7 nitrogen and oxygen atoms in total. The van der Waals surface area contributed by atoms with Gasteiger partial charge in [0.15, 0.2) is 0 Å². The number of hydrogen-bond donors (Lipinski definition) is 1. The normalized spacial score (nSPS) is 21.1. The van der Waals surface area contributed by atoms with Gasteiger partial charge < -0.3 is 14.6 Å². The van der Waals surface area contributed by atoms with E-state index in [0.29, 0.717) is 60.3 Å². The molecule has 1 N–H and O–H groups in total. The van der Waals surface area contributed by atoms with E-state index in [2.05, 4.69) is 14.9 Å². The van der Waals surface area contributed by atoms with Crippen molar-refractivity contribution in [2.45, 2.75) is 19.4 Å². The Morgan fingerprint density at radius 3 is 2.85 bits per heavy atom. The monoisotopic (exact) mass is 390 g/mol. The lowest BCUT2D eigenvalue weighted by atomic mass is 10.0. The largest absolute Gasteiger partial charge is 0.381 e. The van der Waals surface area contributed by atoms with E-state index < -0.39 is 0 Å². The number of fused-ring (bicyclic) bond motifs is 1. The van der Waals surface area contributed by atoms with Gasteiger partial charge in [0.2, 0.25) is 5.91 Å². The minimum atomic E-state index is -0.176. The van der Waals surface area contributed by atoms with Gasteiger partial charge in [0.1, 0.15) is 5.82 Å². The summed E-state index contributed by atoms with van der Waals surface area (Å²) in [7, 11) is 0. The fourth-order valence-corrected chi connectivity index (χ4v) is 3.89. The number of nitrogens with one attached hydrogen (secondary N) is 1. The van der Waals surface area contributed by atoms with Crippen molar-refractivity contribution < 1.29 is 9.53 Å². The van der Waals surface area contributed by atoms with Gasteiger partial charge >= 0.3 is 0 Å². The van der Waals surface area contributed by atoms with Crippen molar-refractivity contribution >= 4 is 28.4 Å². The molecule has 2 aromatic rings. The van der Waals surface area contributed by atoms with Gasteiger partial charge in [-0.1, -0.05) is 11.6 Å². The Morgan fingerprint density at radius 2 is 2.11 bits per heavy atom. The third-order valence-electron chi connectivity index (χ3n) is 5.30. The van der Waals surface area contributed by atoms with E-state index in [9.17, 15) is 9.59 Å². The van der Waals surface area contributed by atoms with Crippen molar-refractivity contribution in [3.05, 3.63) is 39.4 Å². The van der Waals surface area contributed by atoms with Gasteiger partial charge in [-0.3, -0.25) is 14.5 Å². The maximum absolute atomic E-state index is 12.4. The van der Waals surface area contributed by atoms with Gasteiger partial charge in [0.25, 0.3) is 5.56 Å². The van der Waals surface area contributed by atoms with E-state index in [4.69, 9.17) is 16.3 Å². The summed E-state index contributed by atoms with van der Waals surface area (Å²) in [6.45, 7) is 5.00. The third kappa shape index (κ3) is 4.31. The van der Waals surface area contributed by atoms with Gasteiger partial charge in [-0.15, -0.1) is 0 Å². The number of nitrogens with zero attached hydrogens (tertiary/aromatic N) is 3. The van der Waals surface area contributed by atoms with Crippen LogP contribution < -0.4 is 5.56 Å². The summed E-state index contributed by atoms with van der Waals surface area (Å²) < 4.78 is 5.35. The number of hydrogen-bond acceptors (Lipinski definition) is 5. The van der Waals surface area contributed by atoms with Gasteiger partial charge in [-0.25, -0.2) is 4.98 Å². The molecular formula is C19H23ClN4O3. The molecule has 0 spiro atoms. The highest BCUT2D eigenvalue weighted by atomic mass is 35.5. The van der Waals surface area contributed by atoms with Crippen LogP contribution in [-0.2, 0) is 16.1 Å². The Hall–Kier alpha value is -1.96. The molecular weight excluding hydrogens is 368 g/mol. The zero-order valence-corrected chi connectivity index (χ0v) is 15.9. The van der Waals surface area contributed by atoms with Crippen molar-refractivity contribution in [2.24, 2.45) is 5.92 Å². The fourth-order valence-electron chi connectivity index (χ4n) is 3.72. The fraction of sp³-hybridized carbons (Fsp3) is 0.526. The number of amides is 1. The summed E-state index contributed by atoms with van der Waals surface area (Å²) in [6, 6.07) is 5.13. The molecule has 2 saturated heterocycles. The van der Waals surface area contributed by atoms with Crippen LogP contribution in [0.3, 0.4) is 0 Å². The molecule has 0 radical (unpaired) electrons. The molecule has 27 heavy (non-hydrogen) atoms. The molecule has 4 rings (SSSR count). The summed E-state index contributed by atoms with van der Waals surface area (Å²) in [5.74, 6) is 1.23. The molecule has 1 atom stereocenters. The van der Waals surface area contributed by atoms with E-state index in [1.165, 1.54) is 0 Å². The molecule has 2 aliphatic heterocycles. The van der Waals surface area contributed by atoms with Crippen LogP contribution in [0.2, 0.25) is 5.02 Å². The highest BCUT2D eigenvalue weighted by Gasteiger charge is 2.25. The number of ether oxygens (including phenoxy) is 1. The molecule has 1 unspecified atom stereocenters. The molecule has 1 aromatic heterocycles. The van der Waals surface area contributed by atoms with Gasteiger partial charge in [-0.05, 0) is 30.5 Å². The number of aromatic amines is 1. The van der Waals surface area contributed by atoms with Crippen molar-refractivity contribution in [1.82, 2.24) is 19.8 Å². The van der Waals surface area contributed by atoms with Crippen LogP contribution in [0, 0.1) is 5.92 Å². The second kappa shape index (κ2) is 7.96. The number of carbonyl (C=O) groups is 1. The smallest absolute Gasteiger partial charge is 0.258 e. The lowest BCUT2D eigenvalue weighted by molar-refractivity contribution is -0.134. The Kier molecular flexibility index (Phi) is 5.43. The van der Waals surface area contributed by atoms with Crippen LogP contribution in [0.25, 0.3) is 10.9 Å². The molecule has 3 heterocycles. The van der Waals surface area contributed by atoms with Crippen molar-refractivity contribution in [3.63, 3.8) is 0 Å². The zero-order chi connectivity index (χ0) is 18.8. The van der Waals surface area contributed by atoms with Gasteiger partial charge in [0, 0.05) is 50.8 Å². The standard InChI is InChI=1S/C19H23ClN4O3/c20-14-1-2-16-15(10-14)19(26)22-17(21-16)11-23-4-6-24(7-5-23)18(25)9-13-3-8-27-12-13/h1-2,10,13H,3-9,11-12H2,(H,21,22,26). The Labute approximate surface area is 162 Å². The molecule has 0 aliphatic carbocycles. The van der Waals surface area contributed by atoms with E-state index >= 15 is 0 Å². The number of benzene rings is 1. The minimum Gasteiger partial charge on any atom is -0.381 e. The van der Waals surface area contributed by atoms with Gasteiger partial charge in [0.05, 0.1) is 17.4 Å². The van der Waals surface area contributed by atoms with Crippen molar-refractivity contribution in [1.29, 1.82) is 0 Å². The molecule has 2 aliphatic rings. The predicted octanol–water partition coefficient (Wildman–Crippen LogP) is 1.65. The van der Waals surface area contributed by atoms with Crippen LogP contribution in [-0.4, -0.2) is 65.1 Å². The third-order valence-corrected chi connectivity index (χ3v) is 5.54. The van der Waals surface area contributed by atoms with Gasteiger partial charge in [-0.2, -0.15) is 0 Å². The quantitative estimate of drug-likeness (QED) is 0.858. The molecule has 1 aromatic carbocycles. The SMILES string of the molecule is O=C(CC1CCOC1)N1CCN(Cc2nc3ccc(Cl)cc3c(=O)[nH]2)CC1. The average molecular weight is 391 g/mol. The second-order valence-corrected chi connectivity index (χ2v) is 7.70. The minimum absolute atomic E-state index is 0.176. The highest BCUT2D eigenvalue weighted by Crippen LogP contribution is 2.19. The molecule has 0 saturated carbocycles. The van der Waals surface area contributed by atoms with Crippen molar-refractivity contribution in [3.8, 4) is 0 Å². The summed E-state index contributed by atoms with van der Waals surface area (Å²) in [5.41, 5.74) is 0.468. The first-order chi connectivity index (χ1) is 13.1. The van der Waals surface area contributed by atoms with E-state index in [1.807, 2.05) is 4.90 Å². The summed E-state index contributed by atoms with van der Waals surface area (Å²) >= 11 is 5.95. The maximum atomic E-state index is 12.4. The van der Waals surface area contributed by atoms with Crippen LogP contribution in [0.15, 0.2) is 23.0 Å². The Balaban J connectivity index is 1.35. The molecule has 8 heteroatoms. The highest BCUT2D eigenvalue weighted by molar-refractivity contribution is 6.31. The van der Waals surface area contributed by atoms with Crippen molar-refractivity contribution in [2.75, 3.05) is 39.4 Å². The number of rotatable bonds is 4. The second-order valence-electron chi connectivity index (χ2n) is 7.26. The number of aromatic nitrogens is 2. The zero-order valence-electron chi connectivity index (χ0n) is 15.1. The molecule has 0 bridgehead atoms. The van der Waals surface area contributed by atoms with Crippen LogP contribution in [0.1, 0.15) is 18.7 Å². The first-order valence-electron chi connectivity index (χ1n) is 9.35. The maximum Gasteiger partial charge on any atom is 0.258 e. The molecule has 2 fully saturated rings. The first kappa shape index (κ1) is 18.4. The molecule has 144 valence electrons. The number of piperazine rings is 1. The topological polar surface area (TPSA) is 78.5 Å². The number of halogens is 1. The van der Waals surface area contributed by atoms with E-state index in [1.54, 1.807) is 18.2 Å². The number of carbonyl (C=O) groups excluding carboxylic acids is 1. The van der Waals surface area contributed by atoms with Crippen LogP contribution in [0.5, 0.6) is 0 Å². The molecule has 1 amide bonds. The number of H-pyrrole nitrogens is 1. The first-order valence-corrected chi connectivity index (χ1v) is 9.72. The lowest BCUT2D eigenvalue weighted by Crippen LogP contribution is -2.48. The van der Waals surface area contributed by atoms with Crippen LogP contribution in [0.4, 0.5) is 0 Å². The van der Waals surface area contributed by atoms with E-state index in [-0.39, 0.29) is 11.5 Å². The lowest BCUT2D eigenvalue weighted by Gasteiger charge is -2.34. The Morgan fingerprint density at radius 1 is 1.30 bits per heavy atom. The predicted molar refractivity (Wildman–Crippen MR) is 103 cm³/mol. The van der Waals surface area contributed by atoms with Crippen LogP contribution >= 0.6 is 11.6 Å². The average Bonchev–Trinajstić information content (AvgIpc) is 3.16. The summed E-state index contributed by atoms with van der Waals surface area (Å²) in [6.07, 6.45) is 1.57. The summed E-state index contributed by atoms with van der Waals surface area (Å²) in [4.78, 5) is 36.2.